The molecule has 2 aliphatic heterocycles. The van der Waals surface area contributed by atoms with E-state index in [4.69, 9.17) is 9.84 Å². The average molecular weight is 576 g/mol. The van der Waals surface area contributed by atoms with Crippen LogP contribution in [0, 0.1) is 5.82 Å². The molecule has 2 aromatic carbocycles. The summed E-state index contributed by atoms with van der Waals surface area (Å²) < 4.78 is 48.5. The van der Waals surface area contributed by atoms with E-state index in [1.165, 1.54) is 45.8 Å². The van der Waals surface area contributed by atoms with Crippen LogP contribution in [0.25, 0.3) is 5.69 Å². The van der Waals surface area contributed by atoms with Gasteiger partial charge in [0, 0.05) is 13.1 Å². The second-order valence-electron chi connectivity index (χ2n) is 9.28. The van der Waals surface area contributed by atoms with Gasteiger partial charge in [-0.1, -0.05) is 0 Å². The number of fused-ring (bicyclic) bond motifs is 1. The maximum atomic E-state index is 15.2. The molecule has 0 bridgehead atoms. The molecule has 41 heavy (non-hydrogen) atoms. The van der Waals surface area contributed by atoms with Crippen molar-refractivity contribution in [3.63, 3.8) is 0 Å². The van der Waals surface area contributed by atoms with E-state index in [0.717, 1.165) is 15.5 Å². The van der Waals surface area contributed by atoms with E-state index in [2.05, 4.69) is 0 Å². The number of anilines is 2. The first kappa shape index (κ1) is 27.5. The Morgan fingerprint density at radius 2 is 1.56 bits per heavy atom. The molecule has 16 heteroatoms. The third-order valence-corrected chi connectivity index (χ3v) is 6.81. The second kappa shape index (κ2) is 10.9. The van der Waals surface area contributed by atoms with Crippen LogP contribution in [0.4, 0.5) is 29.3 Å². The van der Waals surface area contributed by atoms with E-state index in [1.807, 2.05) is 5.32 Å². The highest BCUT2D eigenvalue weighted by Crippen LogP contribution is 2.28. The summed E-state index contributed by atoms with van der Waals surface area (Å²) in [6.45, 7) is 0.0498. The van der Waals surface area contributed by atoms with E-state index < -0.39 is 47.7 Å². The molecular weight excluding hydrogens is 553 g/mol. The van der Waals surface area contributed by atoms with Crippen molar-refractivity contribution in [3.05, 3.63) is 74.8 Å². The lowest BCUT2D eigenvalue weighted by Crippen LogP contribution is -2.37. The van der Waals surface area contributed by atoms with Gasteiger partial charge in [-0.05, 0) is 42.5 Å². The predicted molar refractivity (Wildman–Crippen MR) is 136 cm³/mol. The Morgan fingerprint density at radius 3 is 2.12 bits per heavy atom. The van der Waals surface area contributed by atoms with Crippen LogP contribution in [-0.2, 0) is 22.6 Å². The molecule has 0 spiro atoms. The van der Waals surface area contributed by atoms with Crippen molar-refractivity contribution in [2.45, 2.75) is 25.6 Å². The fourth-order valence-electron chi connectivity index (χ4n) is 4.76. The highest BCUT2D eigenvalue weighted by atomic mass is 19.3. The summed E-state index contributed by atoms with van der Waals surface area (Å²) in [6.07, 6.45) is -4.92. The lowest BCUT2D eigenvalue weighted by Gasteiger charge is -2.23. The first-order chi connectivity index (χ1) is 19.5. The van der Waals surface area contributed by atoms with Gasteiger partial charge in [-0.2, -0.15) is 8.78 Å². The minimum atomic E-state index is -3.20. The van der Waals surface area contributed by atoms with Crippen LogP contribution in [0.5, 0.6) is 0 Å². The normalized spacial score (nSPS) is 16.9. The number of nitrogens with zero attached hydrogens (tertiary/aromatic N) is 5. The van der Waals surface area contributed by atoms with Crippen molar-refractivity contribution in [3.8, 4) is 5.69 Å². The standard InChI is InChI=1S/C25H23F3N6O7/c26-18-11-16(31-13-17(41-25(31)40)12-29-21(35)20(27)28)5-6-19(18)30-7-9-32-23(38)34(24(39)33(32)10-8-30)15-3-1-14(2-4-15)22(36)37/h1-6,11,17,20H,7-10,12-13H2,(H,29,35)(H,36,37)/t17-/m0/s1. The van der Waals surface area contributed by atoms with Gasteiger partial charge < -0.3 is 20.1 Å². The maximum absolute atomic E-state index is 15.2. The fraction of sp³-hybridized carbons (Fsp3) is 0.320. The number of carbonyl (C=O) groups excluding carboxylic acids is 2. The van der Waals surface area contributed by atoms with E-state index in [9.17, 15) is 32.8 Å². The number of alkyl halides is 2. The minimum Gasteiger partial charge on any atom is -0.478 e. The Hall–Kier alpha value is -5.02. The number of ether oxygens (including phenoxy) is 1. The molecular formula is C25H23F3N6O7. The molecule has 5 rings (SSSR count). The van der Waals surface area contributed by atoms with Gasteiger partial charge in [0.1, 0.15) is 11.9 Å². The van der Waals surface area contributed by atoms with Gasteiger partial charge in [-0.15, -0.1) is 0 Å². The number of cyclic esters (lactones) is 1. The first-order valence-electron chi connectivity index (χ1n) is 12.4. The number of hydrogen-bond acceptors (Lipinski definition) is 7. The first-order valence-corrected chi connectivity index (χ1v) is 12.4. The molecule has 2 N–H and O–H groups in total. The molecule has 1 fully saturated rings. The summed E-state index contributed by atoms with van der Waals surface area (Å²) in [4.78, 5) is 63.3. The minimum absolute atomic E-state index is 0.00570. The molecule has 0 saturated carbocycles. The molecule has 0 aliphatic carbocycles. The van der Waals surface area contributed by atoms with Crippen molar-refractivity contribution in [2.24, 2.45) is 0 Å². The number of aromatic carboxylic acids is 1. The SMILES string of the molecule is O=C(O)c1ccc(-n2c(=O)n3n(c2=O)CCN(c2ccc(N4C[C@H](CNC(=O)C(F)F)OC4=O)cc2F)CC3)cc1. The zero-order chi connectivity index (χ0) is 29.4. The van der Waals surface area contributed by atoms with Crippen LogP contribution in [0.1, 0.15) is 10.4 Å². The Morgan fingerprint density at radius 1 is 0.951 bits per heavy atom. The number of carbonyl (C=O) groups is 3. The Bertz CT molecular complexity index is 1590. The molecule has 1 saturated heterocycles. The Kier molecular flexibility index (Phi) is 7.30. The molecule has 3 heterocycles. The molecule has 2 aliphatic rings. The number of amides is 2. The van der Waals surface area contributed by atoms with Crippen LogP contribution >= 0.6 is 0 Å². The zero-order valence-corrected chi connectivity index (χ0v) is 21.2. The summed E-state index contributed by atoms with van der Waals surface area (Å²) in [7, 11) is 0. The molecule has 2 amide bonds. The van der Waals surface area contributed by atoms with Crippen molar-refractivity contribution >= 4 is 29.3 Å². The summed E-state index contributed by atoms with van der Waals surface area (Å²) in [5, 5.41) is 11.0. The summed E-state index contributed by atoms with van der Waals surface area (Å²) in [5.74, 6) is -3.31. The number of carboxylic acids is 1. The number of nitrogens with one attached hydrogen (secondary N) is 1. The zero-order valence-electron chi connectivity index (χ0n) is 21.2. The molecule has 216 valence electrons. The molecule has 0 unspecified atom stereocenters. The van der Waals surface area contributed by atoms with Gasteiger partial charge in [-0.3, -0.25) is 9.69 Å². The molecule has 0 radical (unpaired) electrons. The lowest BCUT2D eigenvalue weighted by molar-refractivity contribution is -0.132. The molecule has 3 aromatic rings. The van der Waals surface area contributed by atoms with Crippen molar-refractivity contribution in [1.29, 1.82) is 0 Å². The highest BCUT2D eigenvalue weighted by Gasteiger charge is 2.34. The van der Waals surface area contributed by atoms with E-state index >= 15 is 4.39 Å². The third-order valence-electron chi connectivity index (χ3n) is 6.81. The second-order valence-corrected chi connectivity index (χ2v) is 9.28. The summed E-state index contributed by atoms with van der Waals surface area (Å²) >= 11 is 0. The number of benzene rings is 2. The highest BCUT2D eigenvalue weighted by molar-refractivity contribution is 5.90. The van der Waals surface area contributed by atoms with Crippen LogP contribution in [-0.4, -0.2) is 75.7 Å². The number of halogens is 3. The number of rotatable bonds is 7. The average Bonchev–Trinajstić information content (AvgIpc) is 3.31. The quantitative estimate of drug-likeness (QED) is 0.421. The van der Waals surface area contributed by atoms with E-state index in [0.29, 0.717) is 0 Å². The van der Waals surface area contributed by atoms with E-state index in [1.54, 1.807) is 4.90 Å². The summed E-state index contributed by atoms with van der Waals surface area (Å²) in [5.41, 5.74) is -0.689. The molecule has 1 aromatic heterocycles. The van der Waals surface area contributed by atoms with E-state index in [-0.39, 0.29) is 61.9 Å². The van der Waals surface area contributed by atoms with Gasteiger partial charge >= 0.3 is 29.9 Å². The topological polar surface area (TPSA) is 148 Å². The Labute approximate surface area is 228 Å². The number of hydrogen-bond donors (Lipinski definition) is 2. The smallest absolute Gasteiger partial charge is 0.414 e. The number of aromatic nitrogens is 3. The van der Waals surface area contributed by atoms with Gasteiger partial charge in [-0.25, -0.2) is 37.5 Å². The van der Waals surface area contributed by atoms with Gasteiger partial charge in [0.25, 0.3) is 5.91 Å². The van der Waals surface area contributed by atoms with Crippen molar-refractivity contribution < 1.29 is 37.4 Å². The summed E-state index contributed by atoms with van der Waals surface area (Å²) in [6, 6.07) is 9.35. The van der Waals surface area contributed by atoms with Crippen LogP contribution in [0.3, 0.4) is 0 Å². The van der Waals surface area contributed by atoms with Crippen LogP contribution < -0.4 is 26.5 Å². The monoisotopic (exact) mass is 576 g/mol. The number of carboxylic acid groups (broad SMARTS) is 1. The van der Waals surface area contributed by atoms with Crippen LogP contribution in [0.2, 0.25) is 0 Å². The predicted octanol–water partition coefficient (Wildman–Crippen LogP) is 0.865. The van der Waals surface area contributed by atoms with Crippen molar-refractivity contribution in [1.82, 2.24) is 19.2 Å². The largest absolute Gasteiger partial charge is 0.478 e. The lowest BCUT2D eigenvalue weighted by atomic mass is 10.2. The maximum Gasteiger partial charge on any atom is 0.414 e. The Balaban J connectivity index is 1.29. The van der Waals surface area contributed by atoms with Gasteiger partial charge in [0.05, 0.1) is 48.8 Å². The van der Waals surface area contributed by atoms with Gasteiger partial charge in [0.2, 0.25) is 0 Å². The van der Waals surface area contributed by atoms with Gasteiger partial charge in [0.15, 0.2) is 0 Å². The fourth-order valence-corrected chi connectivity index (χ4v) is 4.76. The molecule has 13 nitrogen and oxygen atoms in total. The van der Waals surface area contributed by atoms with Crippen molar-refractivity contribution in [2.75, 3.05) is 36.0 Å². The third kappa shape index (κ3) is 5.27. The molecule has 1 atom stereocenters. The van der Waals surface area contributed by atoms with Crippen LogP contribution in [0.15, 0.2) is 52.1 Å².